The van der Waals surface area contributed by atoms with Crippen LogP contribution in [0.3, 0.4) is 0 Å². The van der Waals surface area contributed by atoms with E-state index in [2.05, 4.69) is 12.1 Å². The third kappa shape index (κ3) is 4.51. The summed E-state index contributed by atoms with van der Waals surface area (Å²) in [6, 6.07) is 8.25. The minimum absolute atomic E-state index is 0. The Hall–Kier alpha value is 1.22. The molecule has 0 aromatic heterocycles. The van der Waals surface area contributed by atoms with E-state index in [-0.39, 0.29) is 74.1 Å². The SMILES string of the molecule is [H-].[H-].[O]=[Pb].[Sr+2].c1ccc2c(c1)CCCO2. The van der Waals surface area contributed by atoms with Crippen LogP contribution in [0.2, 0.25) is 0 Å². The Morgan fingerprint density at radius 2 is 2.00 bits per heavy atom. The summed E-state index contributed by atoms with van der Waals surface area (Å²) < 4.78 is 13.8. The van der Waals surface area contributed by atoms with Crippen LogP contribution < -0.4 is 4.74 Å². The number of ether oxygens (including phenoxy) is 1. The molecule has 4 heteroatoms. The summed E-state index contributed by atoms with van der Waals surface area (Å²) in [5, 5.41) is 0. The van der Waals surface area contributed by atoms with Crippen molar-refractivity contribution in [2.24, 2.45) is 0 Å². The predicted molar refractivity (Wildman–Crippen MR) is 54.7 cm³/mol. The zero-order chi connectivity index (χ0) is 8.81. The van der Waals surface area contributed by atoms with Gasteiger partial charge in [0.1, 0.15) is 5.75 Å². The van der Waals surface area contributed by atoms with E-state index < -0.39 is 0 Å². The van der Waals surface area contributed by atoms with Gasteiger partial charge in [-0.3, -0.25) is 0 Å². The second kappa shape index (κ2) is 8.52. The van der Waals surface area contributed by atoms with Gasteiger partial charge in [-0.1, -0.05) is 18.2 Å². The van der Waals surface area contributed by atoms with Crippen molar-refractivity contribution in [3.8, 4) is 5.75 Å². The first-order valence-corrected chi connectivity index (χ1v) is 5.46. The zero-order valence-corrected chi connectivity index (χ0v) is 14.8. The first kappa shape index (κ1) is 14.2. The zero-order valence-electron chi connectivity index (χ0n) is 9.45. The molecular formula is C9H12O2PbSr. The molecule has 1 heterocycles. The van der Waals surface area contributed by atoms with Gasteiger partial charge >= 0.3 is 73.9 Å². The van der Waals surface area contributed by atoms with Gasteiger partial charge in [0, 0.05) is 0 Å². The molecule has 0 N–H and O–H groups in total. The van der Waals surface area contributed by atoms with E-state index in [0.717, 1.165) is 18.8 Å². The van der Waals surface area contributed by atoms with Crippen LogP contribution in [0.5, 0.6) is 5.75 Å². The van der Waals surface area contributed by atoms with Gasteiger partial charge in [0.15, 0.2) is 0 Å². The Morgan fingerprint density at radius 3 is 2.69 bits per heavy atom. The first-order valence-electron chi connectivity index (χ1n) is 3.88. The van der Waals surface area contributed by atoms with Gasteiger partial charge in [-0.15, -0.1) is 0 Å². The van der Waals surface area contributed by atoms with Crippen LogP contribution in [0.1, 0.15) is 14.8 Å². The summed E-state index contributed by atoms with van der Waals surface area (Å²) in [5.74, 6) is 1.08. The largest absolute Gasteiger partial charge is 2.00 e. The van der Waals surface area contributed by atoms with Gasteiger partial charge in [0.2, 0.25) is 0 Å². The van der Waals surface area contributed by atoms with E-state index in [1.165, 1.54) is 12.0 Å². The number of benzene rings is 1. The molecule has 13 heavy (non-hydrogen) atoms. The fourth-order valence-electron chi connectivity index (χ4n) is 1.30. The normalized spacial score (nSPS) is 12.3. The maximum atomic E-state index is 8.39. The fraction of sp³-hybridized carbons (Fsp3) is 0.333. The van der Waals surface area contributed by atoms with Crippen LogP contribution in [0, 0.1) is 0 Å². The molecule has 2 radical (unpaired) electrons. The van der Waals surface area contributed by atoms with E-state index >= 15 is 0 Å². The average molecular weight is 447 g/mol. The van der Waals surface area contributed by atoms with Gasteiger partial charge < -0.3 is 7.59 Å². The van der Waals surface area contributed by atoms with Crippen LogP contribution >= 0.6 is 0 Å². The molecule has 0 saturated heterocycles. The second-order valence-electron chi connectivity index (χ2n) is 2.56. The van der Waals surface area contributed by atoms with Gasteiger partial charge in [-0.25, -0.2) is 0 Å². The van der Waals surface area contributed by atoms with Crippen LogP contribution in [-0.4, -0.2) is 77.9 Å². The standard InChI is InChI=1S/C9H10O.O.Pb.Sr.2H/c1-2-6-9-8(4-1)5-3-7-10-9;;;;;/h1-2,4,6H,3,5,7H2;;;;;/q;;;+2;2*-1. The molecule has 66 valence electrons. The van der Waals surface area contributed by atoms with Crippen molar-refractivity contribution in [3.63, 3.8) is 0 Å². The number of hydrogen-bond acceptors (Lipinski definition) is 2. The predicted octanol–water partition coefficient (Wildman–Crippen LogP) is 1.36. The van der Waals surface area contributed by atoms with Crippen molar-refractivity contribution in [3.05, 3.63) is 29.8 Å². The summed E-state index contributed by atoms with van der Waals surface area (Å²) in [7, 11) is 0. The molecule has 1 aliphatic heterocycles. The fourth-order valence-corrected chi connectivity index (χ4v) is 1.30. The Labute approximate surface area is 134 Å². The number of para-hydroxylation sites is 1. The van der Waals surface area contributed by atoms with Crippen LogP contribution in [0.4, 0.5) is 0 Å². The number of hydrogen-bond donors (Lipinski definition) is 0. The van der Waals surface area contributed by atoms with E-state index in [4.69, 9.17) is 7.42 Å². The van der Waals surface area contributed by atoms with E-state index in [1.54, 1.807) is 0 Å². The number of aryl methyl sites for hydroxylation is 1. The molecule has 0 spiro atoms. The quantitative estimate of drug-likeness (QED) is 0.562. The van der Waals surface area contributed by atoms with Gasteiger partial charge in [-0.05, 0) is 24.5 Å². The minimum Gasteiger partial charge on any atom is -0.493 e. The van der Waals surface area contributed by atoms with Crippen LogP contribution in [0.15, 0.2) is 24.3 Å². The molecule has 2 nitrogen and oxygen atoms in total. The van der Waals surface area contributed by atoms with Crippen molar-refractivity contribution in [1.82, 2.24) is 0 Å². The molecule has 0 saturated carbocycles. The molecular weight excluding hydrogens is 435 g/mol. The molecule has 0 unspecified atom stereocenters. The third-order valence-electron chi connectivity index (χ3n) is 1.82. The Kier molecular flexibility index (Phi) is 9.33. The molecule has 0 fully saturated rings. The number of rotatable bonds is 0. The Morgan fingerprint density at radius 1 is 1.31 bits per heavy atom. The molecule has 0 aliphatic carbocycles. The van der Waals surface area contributed by atoms with Gasteiger partial charge in [0.05, 0.1) is 6.61 Å². The second-order valence-corrected chi connectivity index (χ2v) is 2.56. The maximum Gasteiger partial charge on any atom is 2.00 e. The Balaban J connectivity index is -0.000000273. The molecule has 2 rings (SSSR count). The Bertz CT molecular complexity index is 239. The molecule has 1 aromatic carbocycles. The molecule has 0 amide bonds. The van der Waals surface area contributed by atoms with Crippen molar-refractivity contribution >= 4 is 71.3 Å². The van der Waals surface area contributed by atoms with Crippen molar-refractivity contribution in [2.75, 3.05) is 6.61 Å². The van der Waals surface area contributed by atoms with Crippen molar-refractivity contribution in [2.45, 2.75) is 12.8 Å². The van der Waals surface area contributed by atoms with Crippen LogP contribution in [-0.2, 0) is 9.11 Å². The minimum atomic E-state index is 0. The van der Waals surface area contributed by atoms with Crippen molar-refractivity contribution < 1.29 is 10.3 Å². The maximum absolute atomic E-state index is 8.39. The van der Waals surface area contributed by atoms with Crippen LogP contribution in [0.25, 0.3) is 0 Å². The summed E-state index contributed by atoms with van der Waals surface area (Å²) in [6.07, 6.45) is 2.34. The van der Waals surface area contributed by atoms with Gasteiger partial charge in [-0.2, -0.15) is 0 Å². The van der Waals surface area contributed by atoms with Crippen molar-refractivity contribution in [1.29, 1.82) is 0 Å². The summed E-state index contributed by atoms with van der Waals surface area (Å²) in [4.78, 5) is 0. The van der Waals surface area contributed by atoms with E-state index in [1.807, 2.05) is 12.1 Å². The van der Waals surface area contributed by atoms with E-state index in [0.29, 0.717) is 0 Å². The summed E-state index contributed by atoms with van der Waals surface area (Å²) >= 11 is 0.0556. The topological polar surface area (TPSA) is 26.3 Å². The van der Waals surface area contributed by atoms with E-state index in [9.17, 15) is 0 Å². The molecule has 0 atom stereocenters. The molecule has 0 bridgehead atoms. The summed E-state index contributed by atoms with van der Waals surface area (Å²) in [5.41, 5.74) is 1.36. The third-order valence-corrected chi connectivity index (χ3v) is 1.82. The average Bonchev–Trinajstić information content (AvgIpc) is 2.21. The summed E-state index contributed by atoms with van der Waals surface area (Å²) in [6.45, 7) is 0.886. The monoisotopic (exact) mass is 448 g/mol. The molecule has 1 aliphatic rings. The number of fused-ring (bicyclic) bond motifs is 1. The molecule has 1 aromatic rings. The first-order chi connectivity index (χ1) is 5.97. The smallest absolute Gasteiger partial charge is 0.493 e. The van der Waals surface area contributed by atoms with Gasteiger partial charge in [0.25, 0.3) is 0 Å².